The molecule has 0 spiro atoms. The third kappa shape index (κ3) is 2.72. The molecule has 0 aliphatic rings. The molecule has 0 fully saturated rings. The highest BCUT2D eigenvalue weighted by Gasteiger charge is 2.03. The first-order valence-corrected chi connectivity index (χ1v) is 5.68. The Morgan fingerprint density at radius 2 is 1.94 bits per heavy atom. The van der Waals surface area contributed by atoms with Crippen LogP contribution in [0.3, 0.4) is 0 Å². The molecule has 17 heavy (non-hydrogen) atoms. The molecule has 0 bridgehead atoms. The lowest BCUT2D eigenvalue weighted by Crippen LogP contribution is -2.07. The topological polar surface area (TPSA) is 63.8 Å². The minimum atomic E-state index is 0.448. The molecule has 2 aromatic rings. The van der Waals surface area contributed by atoms with E-state index < -0.39 is 0 Å². The van der Waals surface area contributed by atoms with E-state index >= 15 is 0 Å². The van der Waals surface area contributed by atoms with Gasteiger partial charge in [-0.2, -0.15) is 0 Å². The number of allylic oxidation sites excluding steroid dienone is 1. The Bertz CT molecular complexity index is 534. The molecule has 0 unspecified atom stereocenters. The van der Waals surface area contributed by atoms with Gasteiger partial charge in [0.05, 0.1) is 11.0 Å². The summed E-state index contributed by atoms with van der Waals surface area (Å²) >= 11 is 0. The van der Waals surface area contributed by atoms with Crippen molar-refractivity contribution in [1.29, 1.82) is 0 Å². The second kappa shape index (κ2) is 5.30. The minimum Gasteiger partial charge on any atom is -0.381 e. The molecular weight excluding hydrogens is 212 g/mol. The maximum atomic E-state index is 5.85. The first-order valence-electron chi connectivity index (χ1n) is 5.68. The lowest BCUT2D eigenvalue weighted by atomic mass is 10.3. The van der Waals surface area contributed by atoms with Gasteiger partial charge in [-0.1, -0.05) is 24.3 Å². The normalized spacial score (nSPS) is 11.1. The molecule has 1 heterocycles. The van der Waals surface area contributed by atoms with Gasteiger partial charge in [-0.15, -0.1) is 0 Å². The Morgan fingerprint density at radius 3 is 2.65 bits per heavy atom. The van der Waals surface area contributed by atoms with Crippen LogP contribution in [0, 0.1) is 0 Å². The van der Waals surface area contributed by atoms with Crippen molar-refractivity contribution >= 4 is 22.7 Å². The van der Waals surface area contributed by atoms with Crippen molar-refractivity contribution in [3.05, 3.63) is 36.4 Å². The van der Waals surface area contributed by atoms with Gasteiger partial charge in [-0.25, -0.2) is 9.97 Å². The first-order chi connectivity index (χ1) is 8.31. The third-order valence-corrected chi connectivity index (χ3v) is 2.44. The van der Waals surface area contributed by atoms with Gasteiger partial charge in [-0.3, -0.25) is 0 Å². The average molecular weight is 228 g/mol. The van der Waals surface area contributed by atoms with Crippen molar-refractivity contribution in [3.63, 3.8) is 0 Å². The second-order valence-electron chi connectivity index (χ2n) is 3.73. The van der Waals surface area contributed by atoms with Crippen LogP contribution < -0.4 is 11.1 Å². The number of nitrogens with zero attached hydrogens (tertiary/aromatic N) is 2. The zero-order chi connectivity index (χ0) is 12.1. The van der Waals surface area contributed by atoms with Gasteiger partial charge in [0.25, 0.3) is 0 Å². The maximum absolute atomic E-state index is 5.85. The summed E-state index contributed by atoms with van der Waals surface area (Å²) in [4.78, 5) is 8.76. The Hall–Kier alpha value is -2.10. The fourth-order valence-corrected chi connectivity index (χ4v) is 1.58. The largest absolute Gasteiger partial charge is 0.381 e. The molecule has 1 aromatic heterocycles. The summed E-state index contributed by atoms with van der Waals surface area (Å²) in [5.74, 6) is 1.11. The van der Waals surface area contributed by atoms with Gasteiger partial charge in [0.2, 0.25) is 0 Å². The molecule has 4 heteroatoms. The number of fused-ring (bicyclic) bond motifs is 1. The Labute approximate surface area is 101 Å². The minimum absolute atomic E-state index is 0.448. The number of anilines is 2. The number of nitrogens with one attached hydrogen (secondary N) is 1. The van der Waals surface area contributed by atoms with Crippen LogP contribution >= 0.6 is 0 Å². The van der Waals surface area contributed by atoms with E-state index in [1.807, 2.05) is 37.3 Å². The van der Waals surface area contributed by atoms with Gasteiger partial charge in [-0.05, 0) is 25.5 Å². The first kappa shape index (κ1) is 11.4. The van der Waals surface area contributed by atoms with Crippen LogP contribution in [-0.2, 0) is 0 Å². The lowest BCUT2D eigenvalue weighted by molar-refractivity contribution is 1.05. The van der Waals surface area contributed by atoms with Crippen molar-refractivity contribution in [1.82, 2.24) is 9.97 Å². The summed E-state index contributed by atoms with van der Waals surface area (Å²) in [7, 11) is 0. The summed E-state index contributed by atoms with van der Waals surface area (Å²) in [6.45, 7) is 2.81. The van der Waals surface area contributed by atoms with Crippen LogP contribution in [0.4, 0.5) is 11.6 Å². The van der Waals surface area contributed by atoms with E-state index in [4.69, 9.17) is 5.73 Å². The van der Waals surface area contributed by atoms with E-state index in [1.54, 1.807) is 0 Å². The molecule has 2 rings (SSSR count). The molecule has 0 radical (unpaired) electrons. The lowest BCUT2D eigenvalue weighted by Gasteiger charge is -2.07. The Kier molecular flexibility index (Phi) is 3.55. The zero-order valence-corrected chi connectivity index (χ0v) is 9.85. The number of para-hydroxylation sites is 2. The number of aromatic nitrogens is 2. The number of nitrogen functional groups attached to an aromatic ring is 1. The van der Waals surface area contributed by atoms with Crippen molar-refractivity contribution in [2.45, 2.75) is 13.3 Å². The number of benzene rings is 1. The summed E-state index contributed by atoms with van der Waals surface area (Å²) in [5.41, 5.74) is 7.53. The zero-order valence-electron chi connectivity index (χ0n) is 9.85. The third-order valence-electron chi connectivity index (χ3n) is 2.44. The molecule has 0 saturated carbocycles. The Morgan fingerprint density at radius 1 is 1.24 bits per heavy atom. The van der Waals surface area contributed by atoms with Gasteiger partial charge in [0.15, 0.2) is 11.6 Å². The highest BCUT2D eigenvalue weighted by molar-refractivity contribution is 5.79. The quantitative estimate of drug-likeness (QED) is 0.623. The van der Waals surface area contributed by atoms with Crippen LogP contribution in [0.1, 0.15) is 13.3 Å². The van der Waals surface area contributed by atoms with Gasteiger partial charge in [0, 0.05) is 6.54 Å². The number of nitrogens with two attached hydrogens (primary N) is 1. The smallest absolute Gasteiger partial charge is 0.169 e. The number of hydrogen-bond acceptors (Lipinski definition) is 4. The van der Waals surface area contributed by atoms with Crippen molar-refractivity contribution in [2.24, 2.45) is 0 Å². The van der Waals surface area contributed by atoms with Crippen molar-refractivity contribution < 1.29 is 0 Å². The van der Waals surface area contributed by atoms with E-state index in [-0.39, 0.29) is 0 Å². The molecule has 0 aliphatic carbocycles. The van der Waals surface area contributed by atoms with Gasteiger partial charge in [0.1, 0.15) is 0 Å². The predicted octanol–water partition coefficient (Wildman–Crippen LogP) is 2.59. The van der Waals surface area contributed by atoms with E-state index in [9.17, 15) is 0 Å². The molecule has 1 aromatic carbocycles. The van der Waals surface area contributed by atoms with E-state index in [1.165, 1.54) is 0 Å². The molecule has 88 valence electrons. The van der Waals surface area contributed by atoms with Gasteiger partial charge < -0.3 is 11.1 Å². The predicted molar refractivity (Wildman–Crippen MR) is 71.9 cm³/mol. The van der Waals surface area contributed by atoms with Crippen molar-refractivity contribution in [3.8, 4) is 0 Å². The highest BCUT2D eigenvalue weighted by Crippen LogP contribution is 2.17. The second-order valence-corrected chi connectivity index (χ2v) is 3.73. The molecule has 0 atom stereocenters. The van der Waals surface area contributed by atoms with Gasteiger partial charge >= 0.3 is 0 Å². The highest BCUT2D eigenvalue weighted by atomic mass is 15.1. The van der Waals surface area contributed by atoms with Crippen LogP contribution in [0.25, 0.3) is 11.0 Å². The Balaban J connectivity index is 2.19. The standard InChI is InChI=1S/C13H16N4/c1-2-3-6-9-15-13-12(14)16-10-7-4-5-8-11(10)17-13/h2-5,7-8H,6,9H2,1H3,(H2,14,16)(H,15,17)/b3-2+. The summed E-state index contributed by atoms with van der Waals surface area (Å²) in [5, 5.41) is 3.19. The van der Waals surface area contributed by atoms with Crippen molar-refractivity contribution in [2.75, 3.05) is 17.6 Å². The summed E-state index contributed by atoms with van der Waals surface area (Å²) in [6.07, 6.45) is 5.07. The summed E-state index contributed by atoms with van der Waals surface area (Å²) in [6, 6.07) is 7.70. The SMILES string of the molecule is C/C=C/CCNc1nc2ccccc2nc1N. The van der Waals surface area contributed by atoms with E-state index in [0.717, 1.165) is 24.0 Å². The van der Waals surface area contributed by atoms with Crippen LogP contribution in [0.5, 0.6) is 0 Å². The van der Waals surface area contributed by atoms with Crippen LogP contribution in [0.2, 0.25) is 0 Å². The van der Waals surface area contributed by atoms with Crippen LogP contribution in [-0.4, -0.2) is 16.5 Å². The molecular formula is C13H16N4. The fraction of sp³-hybridized carbons (Fsp3) is 0.231. The monoisotopic (exact) mass is 228 g/mol. The fourth-order valence-electron chi connectivity index (χ4n) is 1.58. The molecule has 3 N–H and O–H groups in total. The maximum Gasteiger partial charge on any atom is 0.169 e. The number of rotatable bonds is 4. The summed E-state index contributed by atoms with van der Waals surface area (Å²) < 4.78 is 0. The molecule has 0 amide bonds. The average Bonchev–Trinajstić information content (AvgIpc) is 2.35. The van der Waals surface area contributed by atoms with Crippen LogP contribution in [0.15, 0.2) is 36.4 Å². The number of hydrogen-bond donors (Lipinski definition) is 2. The molecule has 0 saturated heterocycles. The molecule has 4 nitrogen and oxygen atoms in total. The van der Waals surface area contributed by atoms with E-state index in [0.29, 0.717) is 11.6 Å². The van der Waals surface area contributed by atoms with E-state index in [2.05, 4.69) is 21.4 Å². The molecule has 0 aliphatic heterocycles.